The molecule has 0 aliphatic heterocycles. The molecule has 0 fully saturated rings. The summed E-state index contributed by atoms with van der Waals surface area (Å²) in [7, 11) is 1.70. The van der Waals surface area contributed by atoms with Crippen LogP contribution in [0.5, 0.6) is 0 Å². The summed E-state index contributed by atoms with van der Waals surface area (Å²) < 4.78 is 6.65. The number of ketones is 1. The maximum atomic E-state index is 11.9. The first-order valence-electron chi connectivity index (χ1n) is 4.91. The van der Waals surface area contributed by atoms with E-state index in [0.717, 1.165) is 5.76 Å². The first-order chi connectivity index (χ1) is 7.68. The zero-order chi connectivity index (χ0) is 11.5. The SMILES string of the molecule is Cn1ncc(Cl)c1C(=O)CCc1ccco1. The average Bonchev–Trinajstić information content (AvgIpc) is 2.86. The lowest BCUT2D eigenvalue weighted by Crippen LogP contribution is -2.08. The fourth-order valence-electron chi connectivity index (χ4n) is 1.53. The molecule has 0 aliphatic carbocycles. The number of carbonyl (C=O) groups is 1. The average molecular weight is 239 g/mol. The van der Waals surface area contributed by atoms with Crippen molar-refractivity contribution in [3.05, 3.63) is 41.1 Å². The van der Waals surface area contributed by atoms with Gasteiger partial charge in [-0.2, -0.15) is 5.10 Å². The molecule has 0 atom stereocenters. The Morgan fingerprint density at radius 2 is 2.44 bits per heavy atom. The van der Waals surface area contributed by atoms with Gasteiger partial charge in [0.15, 0.2) is 5.78 Å². The molecular weight excluding hydrogens is 228 g/mol. The number of nitrogens with zero attached hydrogens (tertiary/aromatic N) is 2. The van der Waals surface area contributed by atoms with Crippen LogP contribution in [0, 0.1) is 0 Å². The third kappa shape index (κ3) is 2.17. The molecule has 2 rings (SSSR count). The van der Waals surface area contributed by atoms with E-state index in [1.165, 1.54) is 10.9 Å². The highest BCUT2D eigenvalue weighted by atomic mass is 35.5. The Morgan fingerprint density at radius 1 is 1.62 bits per heavy atom. The molecule has 0 saturated carbocycles. The lowest BCUT2D eigenvalue weighted by atomic mass is 10.1. The Hall–Kier alpha value is -1.55. The van der Waals surface area contributed by atoms with E-state index in [-0.39, 0.29) is 5.78 Å². The molecule has 0 N–H and O–H groups in total. The topological polar surface area (TPSA) is 48.0 Å². The summed E-state index contributed by atoms with van der Waals surface area (Å²) in [5.41, 5.74) is 0.452. The molecule has 0 amide bonds. The second kappa shape index (κ2) is 4.53. The van der Waals surface area contributed by atoms with E-state index in [0.29, 0.717) is 23.6 Å². The second-order valence-corrected chi connectivity index (χ2v) is 3.87. The maximum absolute atomic E-state index is 11.9. The van der Waals surface area contributed by atoms with Crippen LogP contribution in [0.25, 0.3) is 0 Å². The van der Waals surface area contributed by atoms with Gasteiger partial charge in [-0.15, -0.1) is 0 Å². The number of hydrogen-bond acceptors (Lipinski definition) is 3. The second-order valence-electron chi connectivity index (χ2n) is 3.47. The highest BCUT2D eigenvalue weighted by molar-refractivity contribution is 6.33. The van der Waals surface area contributed by atoms with Gasteiger partial charge in [-0.1, -0.05) is 11.6 Å². The van der Waals surface area contributed by atoms with Gasteiger partial charge in [0.1, 0.15) is 11.5 Å². The van der Waals surface area contributed by atoms with Crippen LogP contribution in [0.2, 0.25) is 5.02 Å². The Labute approximate surface area is 97.8 Å². The predicted molar refractivity (Wildman–Crippen MR) is 59.6 cm³/mol. The number of aromatic nitrogens is 2. The number of hydrogen-bond donors (Lipinski definition) is 0. The van der Waals surface area contributed by atoms with E-state index >= 15 is 0 Å². The van der Waals surface area contributed by atoms with E-state index in [4.69, 9.17) is 16.0 Å². The van der Waals surface area contributed by atoms with Gasteiger partial charge in [0.2, 0.25) is 0 Å². The third-order valence-corrected chi connectivity index (χ3v) is 2.61. The van der Waals surface area contributed by atoms with E-state index in [1.807, 2.05) is 6.07 Å². The first-order valence-corrected chi connectivity index (χ1v) is 5.29. The molecule has 0 aliphatic rings. The van der Waals surface area contributed by atoms with Crippen LogP contribution in [0.1, 0.15) is 22.7 Å². The number of aryl methyl sites for hydroxylation is 2. The zero-order valence-electron chi connectivity index (χ0n) is 8.81. The van der Waals surface area contributed by atoms with Crippen LogP contribution in [0.3, 0.4) is 0 Å². The first kappa shape index (κ1) is 11.0. The molecule has 16 heavy (non-hydrogen) atoms. The van der Waals surface area contributed by atoms with Gasteiger partial charge in [-0.3, -0.25) is 9.48 Å². The lowest BCUT2D eigenvalue weighted by molar-refractivity contribution is 0.0972. The Bertz CT molecular complexity index is 469. The summed E-state index contributed by atoms with van der Waals surface area (Å²) in [6.45, 7) is 0. The van der Waals surface area contributed by atoms with Crippen LogP contribution >= 0.6 is 11.6 Å². The number of carbonyl (C=O) groups excluding carboxylic acids is 1. The third-order valence-electron chi connectivity index (χ3n) is 2.34. The number of halogens is 1. The van der Waals surface area contributed by atoms with Crippen molar-refractivity contribution in [1.82, 2.24) is 9.78 Å². The van der Waals surface area contributed by atoms with E-state index in [9.17, 15) is 4.79 Å². The van der Waals surface area contributed by atoms with Gasteiger partial charge in [0.05, 0.1) is 17.5 Å². The quantitative estimate of drug-likeness (QED) is 0.769. The molecule has 2 aromatic heterocycles. The zero-order valence-corrected chi connectivity index (χ0v) is 9.57. The molecule has 5 heteroatoms. The van der Waals surface area contributed by atoms with Crippen molar-refractivity contribution in [3.63, 3.8) is 0 Å². The minimum Gasteiger partial charge on any atom is -0.469 e. The van der Waals surface area contributed by atoms with Crippen molar-refractivity contribution in [1.29, 1.82) is 0 Å². The van der Waals surface area contributed by atoms with Gasteiger partial charge in [-0.05, 0) is 12.1 Å². The Morgan fingerprint density at radius 3 is 3.00 bits per heavy atom. The minimum absolute atomic E-state index is 0.0265. The number of Topliss-reactive ketones (excluding diaryl/α,β-unsaturated/α-hetero) is 1. The fourth-order valence-corrected chi connectivity index (χ4v) is 1.81. The lowest BCUT2D eigenvalue weighted by Gasteiger charge is -2.00. The monoisotopic (exact) mass is 238 g/mol. The molecule has 0 radical (unpaired) electrons. The van der Waals surface area contributed by atoms with Crippen LogP contribution in [-0.4, -0.2) is 15.6 Å². The van der Waals surface area contributed by atoms with Gasteiger partial charge >= 0.3 is 0 Å². The standard InChI is InChI=1S/C11H11ClN2O2/c1-14-11(9(12)7-13-14)10(15)5-4-8-3-2-6-16-8/h2-3,6-7H,4-5H2,1H3. The molecule has 84 valence electrons. The molecular formula is C11H11ClN2O2. The van der Waals surface area contributed by atoms with E-state index < -0.39 is 0 Å². The smallest absolute Gasteiger partial charge is 0.182 e. The molecule has 2 heterocycles. The van der Waals surface area contributed by atoms with Crippen molar-refractivity contribution in [2.45, 2.75) is 12.8 Å². The van der Waals surface area contributed by atoms with E-state index in [2.05, 4.69) is 5.10 Å². The molecule has 0 bridgehead atoms. The van der Waals surface area contributed by atoms with Crippen LogP contribution in [0.15, 0.2) is 29.0 Å². The van der Waals surface area contributed by atoms with E-state index in [1.54, 1.807) is 19.4 Å². The normalized spacial score (nSPS) is 10.6. The largest absolute Gasteiger partial charge is 0.469 e. The summed E-state index contributed by atoms with van der Waals surface area (Å²) in [6, 6.07) is 3.65. The number of rotatable bonds is 4. The molecule has 0 spiro atoms. The summed E-state index contributed by atoms with van der Waals surface area (Å²) >= 11 is 5.87. The van der Waals surface area contributed by atoms with Crippen LogP contribution < -0.4 is 0 Å². The fraction of sp³-hybridized carbons (Fsp3) is 0.273. The van der Waals surface area contributed by atoms with Crippen molar-refractivity contribution in [3.8, 4) is 0 Å². The summed E-state index contributed by atoms with van der Waals surface area (Å²) in [5, 5.41) is 4.32. The van der Waals surface area contributed by atoms with Crippen molar-refractivity contribution in [2.75, 3.05) is 0 Å². The van der Waals surface area contributed by atoms with Crippen LogP contribution in [-0.2, 0) is 13.5 Å². The Balaban J connectivity index is 2.04. The molecule has 4 nitrogen and oxygen atoms in total. The Kier molecular flexibility index (Phi) is 3.10. The maximum Gasteiger partial charge on any atom is 0.182 e. The van der Waals surface area contributed by atoms with Crippen molar-refractivity contribution < 1.29 is 9.21 Å². The highest BCUT2D eigenvalue weighted by Gasteiger charge is 2.15. The molecule has 0 unspecified atom stereocenters. The molecule has 0 saturated heterocycles. The molecule has 2 aromatic rings. The summed E-state index contributed by atoms with van der Waals surface area (Å²) in [5.74, 6) is 0.771. The van der Waals surface area contributed by atoms with Crippen molar-refractivity contribution >= 4 is 17.4 Å². The van der Waals surface area contributed by atoms with Gasteiger partial charge in [0.25, 0.3) is 0 Å². The van der Waals surface area contributed by atoms with Crippen molar-refractivity contribution in [2.24, 2.45) is 7.05 Å². The molecule has 0 aromatic carbocycles. The van der Waals surface area contributed by atoms with Crippen LogP contribution in [0.4, 0.5) is 0 Å². The van der Waals surface area contributed by atoms with Gasteiger partial charge in [-0.25, -0.2) is 0 Å². The van der Waals surface area contributed by atoms with Gasteiger partial charge in [0, 0.05) is 19.9 Å². The number of furan rings is 1. The van der Waals surface area contributed by atoms with Gasteiger partial charge < -0.3 is 4.42 Å². The highest BCUT2D eigenvalue weighted by Crippen LogP contribution is 2.17. The summed E-state index contributed by atoms with van der Waals surface area (Å²) in [6.07, 6.45) is 4.01. The summed E-state index contributed by atoms with van der Waals surface area (Å²) in [4.78, 5) is 11.9. The minimum atomic E-state index is -0.0265. The predicted octanol–water partition coefficient (Wildman–Crippen LogP) is 2.48.